The normalized spacial score (nSPS) is 10.3. The van der Waals surface area contributed by atoms with E-state index in [-0.39, 0.29) is 5.28 Å². The van der Waals surface area contributed by atoms with Crippen LogP contribution >= 0.6 is 11.6 Å². The molecule has 3 N–H and O–H groups in total. The number of rotatable bonds is 6. The zero-order chi connectivity index (χ0) is 11.1. The summed E-state index contributed by atoms with van der Waals surface area (Å²) in [7, 11) is 1.69. The molecule has 0 saturated carbocycles. The van der Waals surface area contributed by atoms with Gasteiger partial charge in [-0.2, -0.15) is 4.98 Å². The van der Waals surface area contributed by atoms with Crippen molar-refractivity contribution in [1.29, 1.82) is 0 Å². The summed E-state index contributed by atoms with van der Waals surface area (Å²) < 4.78 is 4.94. The first-order valence-electron chi connectivity index (χ1n) is 4.75. The summed E-state index contributed by atoms with van der Waals surface area (Å²) in [6.45, 7) is 1.56. The lowest BCUT2D eigenvalue weighted by atomic mass is 10.3. The van der Waals surface area contributed by atoms with Crippen molar-refractivity contribution in [2.45, 2.75) is 12.8 Å². The zero-order valence-electron chi connectivity index (χ0n) is 8.66. The Labute approximate surface area is 94.0 Å². The molecule has 15 heavy (non-hydrogen) atoms. The average molecular weight is 231 g/mol. The molecule has 0 spiro atoms. The van der Waals surface area contributed by atoms with E-state index in [2.05, 4.69) is 15.3 Å². The minimum atomic E-state index is 0.198. The van der Waals surface area contributed by atoms with Crippen LogP contribution in [0.3, 0.4) is 0 Å². The first kappa shape index (κ1) is 12.0. The Bertz CT molecular complexity index is 308. The van der Waals surface area contributed by atoms with Gasteiger partial charge in [-0.3, -0.25) is 0 Å². The zero-order valence-corrected chi connectivity index (χ0v) is 9.42. The van der Waals surface area contributed by atoms with Crippen LogP contribution in [0.2, 0.25) is 5.28 Å². The van der Waals surface area contributed by atoms with Gasteiger partial charge in [0.1, 0.15) is 0 Å². The van der Waals surface area contributed by atoms with Crippen LogP contribution in [0, 0.1) is 0 Å². The summed E-state index contributed by atoms with van der Waals surface area (Å²) in [5.41, 5.74) is 6.17. The van der Waals surface area contributed by atoms with E-state index in [1.807, 2.05) is 0 Å². The molecule has 0 saturated heterocycles. The number of aromatic nitrogens is 2. The van der Waals surface area contributed by atoms with Gasteiger partial charge in [-0.15, -0.1) is 0 Å². The van der Waals surface area contributed by atoms with E-state index >= 15 is 0 Å². The summed E-state index contributed by atoms with van der Waals surface area (Å²) in [5, 5.41) is 3.29. The van der Waals surface area contributed by atoms with E-state index in [9.17, 15) is 0 Å². The van der Waals surface area contributed by atoms with Gasteiger partial charge in [0.25, 0.3) is 0 Å². The molecule has 0 radical (unpaired) electrons. The van der Waals surface area contributed by atoms with Gasteiger partial charge in [0, 0.05) is 20.3 Å². The lowest BCUT2D eigenvalue weighted by Crippen LogP contribution is -2.07. The molecule has 1 aromatic heterocycles. The number of hydrogen-bond acceptors (Lipinski definition) is 5. The minimum Gasteiger partial charge on any atom is -0.394 e. The fraction of sp³-hybridized carbons (Fsp3) is 0.556. The van der Waals surface area contributed by atoms with Crippen LogP contribution in [-0.2, 0) is 4.74 Å². The third-order valence-corrected chi connectivity index (χ3v) is 2.04. The van der Waals surface area contributed by atoms with Gasteiger partial charge >= 0.3 is 0 Å². The molecule has 1 rings (SSSR count). The molecule has 6 heteroatoms. The largest absolute Gasteiger partial charge is 0.394 e. The molecule has 0 atom stereocenters. The number of nitrogens with two attached hydrogens (primary N) is 1. The molecule has 0 aliphatic rings. The molecule has 84 valence electrons. The first-order chi connectivity index (χ1) is 7.24. The Hall–Kier alpha value is -1.07. The fourth-order valence-corrected chi connectivity index (χ4v) is 1.22. The van der Waals surface area contributed by atoms with E-state index < -0.39 is 0 Å². The van der Waals surface area contributed by atoms with Crippen molar-refractivity contribution in [2.24, 2.45) is 0 Å². The second-order valence-corrected chi connectivity index (χ2v) is 3.41. The maximum absolute atomic E-state index is 5.66. The number of hydrogen-bond donors (Lipinski definition) is 2. The van der Waals surface area contributed by atoms with Gasteiger partial charge in [0.05, 0.1) is 11.9 Å². The van der Waals surface area contributed by atoms with Crippen LogP contribution in [-0.4, -0.2) is 30.2 Å². The van der Waals surface area contributed by atoms with Crippen molar-refractivity contribution < 1.29 is 4.74 Å². The summed E-state index contributed by atoms with van der Waals surface area (Å²) >= 11 is 5.64. The number of unbranched alkanes of at least 4 members (excludes halogenated alkanes) is 1. The molecular formula is C9H15ClN4O. The molecule has 0 unspecified atom stereocenters. The topological polar surface area (TPSA) is 73.1 Å². The van der Waals surface area contributed by atoms with E-state index in [0.29, 0.717) is 11.5 Å². The number of nitrogen functional groups attached to an aromatic ring is 1. The highest BCUT2D eigenvalue weighted by Crippen LogP contribution is 2.15. The van der Waals surface area contributed by atoms with Crippen LogP contribution in [0.5, 0.6) is 0 Å². The maximum Gasteiger partial charge on any atom is 0.224 e. The second kappa shape index (κ2) is 6.42. The summed E-state index contributed by atoms with van der Waals surface area (Å²) in [6, 6.07) is 0. The van der Waals surface area contributed by atoms with Crippen molar-refractivity contribution in [1.82, 2.24) is 9.97 Å². The maximum atomic E-state index is 5.66. The van der Waals surface area contributed by atoms with Crippen molar-refractivity contribution >= 4 is 23.1 Å². The van der Waals surface area contributed by atoms with Crippen LogP contribution < -0.4 is 11.1 Å². The van der Waals surface area contributed by atoms with Gasteiger partial charge < -0.3 is 15.8 Å². The molecule has 0 aliphatic carbocycles. The summed E-state index contributed by atoms with van der Waals surface area (Å²) in [6.07, 6.45) is 3.49. The molecule has 0 fully saturated rings. The Balaban J connectivity index is 2.33. The molecule has 0 bridgehead atoms. The van der Waals surface area contributed by atoms with Gasteiger partial charge in [0.2, 0.25) is 5.28 Å². The molecule has 1 heterocycles. The average Bonchev–Trinajstić information content (AvgIpc) is 2.23. The predicted molar refractivity (Wildman–Crippen MR) is 61.1 cm³/mol. The molecule has 5 nitrogen and oxygen atoms in total. The molecule has 0 amide bonds. The highest BCUT2D eigenvalue weighted by molar-refractivity contribution is 6.28. The fourth-order valence-electron chi connectivity index (χ4n) is 1.09. The number of methoxy groups -OCH3 is 1. The highest BCUT2D eigenvalue weighted by atomic mass is 35.5. The molecule has 0 aromatic carbocycles. The van der Waals surface area contributed by atoms with Gasteiger partial charge in [0.15, 0.2) is 5.82 Å². The lowest BCUT2D eigenvalue weighted by molar-refractivity contribution is 0.194. The van der Waals surface area contributed by atoms with E-state index in [1.54, 1.807) is 7.11 Å². The number of nitrogens with one attached hydrogen (secondary N) is 1. The van der Waals surface area contributed by atoms with Crippen LogP contribution in [0.4, 0.5) is 11.5 Å². The minimum absolute atomic E-state index is 0.198. The predicted octanol–water partition coefficient (Wildman–Crippen LogP) is 1.55. The summed E-state index contributed by atoms with van der Waals surface area (Å²) in [4.78, 5) is 7.74. The van der Waals surface area contributed by atoms with Gasteiger partial charge in [-0.05, 0) is 24.4 Å². The molecular weight excluding hydrogens is 216 g/mol. The SMILES string of the molecule is COCCCCNc1nc(Cl)ncc1N. The van der Waals surface area contributed by atoms with E-state index in [4.69, 9.17) is 22.1 Å². The Morgan fingerprint density at radius 3 is 3.07 bits per heavy atom. The molecule has 0 aliphatic heterocycles. The van der Waals surface area contributed by atoms with Gasteiger partial charge in [-0.1, -0.05) is 0 Å². The Morgan fingerprint density at radius 2 is 2.33 bits per heavy atom. The quantitative estimate of drug-likeness (QED) is 0.573. The number of anilines is 2. The van der Waals surface area contributed by atoms with Gasteiger partial charge in [-0.25, -0.2) is 4.98 Å². The Morgan fingerprint density at radius 1 is 1.53 bits per heavy atom. The van der Waals surface area contributed by atoms with Crippen molar-refractivity contribution in [3.63, 3.8) is 0 Å². The van der Waals surface area contributed by atoms with Crippen LogP contribution in [0.25, 0.3) is 0 Å². The first-order valence-corrected chi connectivity index (χ1v) is 5.12. The second-order valence-electron chi connectivity index (χ2n) is 3.07. The smallest absolute Gasteiger partial charge is 0.224 e. The Kier molecular flexibility index (Phi) is 5.14. The molecule has 1 aromatic rings. The van der Waals surface area contributed by atoms with Crippen molar-refractivity contribution in [3.05, 3.63) is 11.5 Å². The number of nitrogens with zero attached hydrogens (tertiary/aromatic N) is 2. The monoisotopic (exact) mass is 230 g/mol. The van der Waals surface area contributed by atoms with E-state index in [0.717, 1.165) is 26.0 Å². The lowest BCUT2D eigenvalue weighted by Gasteiger charge is -2.07. The van der Waals surface area contributed by atoms with Crippen molar-refractivity contribution in [2.75, 3.05) is 31.3 Å². The van der Waals surface area contributed by atoms with Crippen LogP contribution in [0.1, 0.15) is 12.8 Å². The third kappa shape index (κ3) is 4.31. The highest BCUT2D eigenvalue weighted by Gasteiger charge is 2.01. The summed E-state index contributed by atoms with van der Waals surface area (Å²) in [5.74, 6) is 0.590. The van der Waals surface area contributed by atoms with E-state index in [1.165, 1.54) is 6.20 Å². The standard InChI is InChI=1S/C9H15ClN4O/c1-15-5-3-2-4-12-8-7(11)6-13-9(10)14-8/h6H,2-5,11H2,1H3,(H,12,13,14). The van der Waals surface area contributed by atoms with Crippen molar-refractivity contribution in [3.8, 4) is 0 Å². The number of ether oxygens (including phenoxy) is 1. The number of halogens is 1. The third-order valence-electron chi connectivity index (χ3n) is 1.86. The van der Waals surface area contributed by atoms with Crippen LogP contribution in [0.15, 0.2) is 6.20 Å².